The molecule has 1 amide bonds. The van der Waals surface area contributed by atoms with E-state index in [0.717, 1.165) is 0 Å². The lowest BCUT2D eigenvalue weighted by Gasteiger charge is -2.39. The fraction of sp³-hybridized carbons (Fsp3) is 0.588. The fourth-order valence-electron chi connectivity index (χ4n) is 2.45. The number of nitrogens with zero attached hydrogens (tertiary/aromatic N) is 1. The molecule has 0 aliphatic heterocycles. The van der Waals surface area contributed by atoms with Gasteiger partial charge in [-0.1, -0.05) is 12.1 Å². The predicted molar refractivity (Wildman–Crippen MR) is 111 cm³/mol. The maximum Gasteiger partial charge on any atom is 0.338 e. The van der Waals surface area contributed by atoms with Gasteiger partial charge in [0.25, 0.3) is 0 Å². The molecular weight excluding hydrogens is 385 g/mol. The summed E-state index contributed by atoms with van der Waals surface area (Å²) in [5.74, 6) is -0.321. The predicted octanol–water partition coefficient (Wildman–Crippen LogP) is 5.07. The third kappa shape index (κ3) is 6.66. The molecule has 1 aromatic carbocycles. The van der Waals surface area contributed by atoms with E-state index in [0.29, 0.717) is 11.3 Å². The van der Waals surface area contributed by atoms with Crippen LogP contribution in [0.5, 0.6) is 5.75 Å². The van der Waals surface area contributed by atoms with Gasteiger partial charge in [-0.25, -0.2) is 0 Å². The van der Waals surface area contributed by atoms with Crippen LogP contribution in [-0.4, -0.2) is 41.6 Å². The highest BCUT2D eigenvalue weighted by Crippen LogP contribution is 2.64. The van der Waals surface area contributed by atoms with E-state index in [2.05, 4.69) is 0 Å². The van der Waals surface area contributed by atoms with Gasteiger partial charge in [-0.15, -0.1) is 0 Å². The van der Waals surface area contributed by atoms with Crippen LogP contribution in [0.1, 0.15) is 18.3 Å². The first kappa shape index (κ1) is 23.1. The molecule has 0 saturated carbocycles. The molecule has 0 fully saturated rings. The lowest BCUT2D eigenvalue weighted by molar-refractivity contribution is -0.128. The summed E-state index contributed by atoms with van der Waals surface area (Å²) in [4.78, 5) is 13.6. The second-order valence-corrected chi connectivity index (χ2v) is 19.7. The monoisotopic (exact) mass is 417 g/mol. The third-order valence-electron chi connectivity index (χ3n) is 3.38. The molecule has 1 aromatic rings. The van der Waals surface area contributed by atoms with Crippen LogP contribution in [0, 0.1) is 0 Å². The summed E-state index contributed by atoms with van der Waals surface area (Å²) in [6.45, 7) is 13.2. The van der Waals surface area contributed by atoms with E-state index in [-0.39, 0.29) is 5.91 Å². The maximum atomic E-state index is 14.0. The quantitative estimate of drug-likeness (QED) is 0.436. The third-order valence-corrected chi connectivity index (χ3v) is 11.0. The number of benzene rings is 1. The molecule has 9 heteroatoms. The number of ether oxygens (including phenoxy) is 1. The van der Waals surface area contributed by atoms with Crippen molar-refractivity contribution in [1.82, 2.24) is 4.90 Å². The molecule has 6 nitrogen and oxygen atoms in total. The zero-order chi connectivity index (χ0) is 20.3. The maximum absolute atomic E-state index is 14.0. The van der Waals surface area contributed by atoms with Crippen LogP contribution in [0.25, 0.3) is 0 Å². The first-order valence-electron chi connectivity index (χ1n) is 8.57. The lowest BCUT2D eigenvalue weighted by atomic mass is 10.2. The van der Waals surface area contributed by atoms with Crippen LogP contribution < -0.4 is 4.74 Å². The summed E-state index contributed by atoms with van der Waals surface area (Å²) in [5.41, 5.74) is 0.698. The Balaban J connectivity index is 3.54. The van der Waals surface area contributed by atoms with Gasteiger partial charge in [0.15, 0.2) is 22.4 Å². The average molecular weight is 418 g/mol. The summed E-state index contributed by atoms with van der Waals surface area (Å²) in [6.07, 6.45) is 0. The highest BCUT2D eigenvalue weighted by Gasteiger charge is 2.46. The van der Waals surface area contributed by atoms with Crippen molar-refractivity contribution in [3.05, 3.63) is 29.8 Å². The highest BCUT2D eigenvalue weighted by molar-refractivity contribution is 7.57. The minimum Gasteiger partial charge on any atom is -0.497 e. The summed E-state index contributed by atoms with van der Waals surface area (Å²) < 4.78 is 31.5. The van der Waals surface area contributed by atoms with Gasteiger partial charge in [0.1, 0.15) is 5.75 Å². The summed E-state index contributed by atoms with van der Waals surface area (Å²) >= 11 is 0. The molecule has 0 saturated heterocycles. The molecular formula is C17H32NO5PSi2. The number of carbonyl (C=O) groups excluding carboxylic acids is 1. The van der Waals surface area contributed by atoms with Gasteiger partial charge in [-0.05, 0) is 57.0 Å². The number of hydrogen-bond donors (Lipinski definition) is 0. The minimum atomic E-state index is -3.64. The van der Waals surface area contributed by atoms with Crippen molar-refractivity contribution in [2.45, 2.75) is 52.0 Å². The molecule has 0 radical (unpaired) electrons. The Bertz CT molecular complexity index is 647. The second-order valence-electron chi connectivity index (χ2n) is 8.22. The van der Waals surface area contributed by atoms with Crippen molar-refractivity contribution in [3.8, 4) is 5.75 Å². The second kappa shape index (κ2) is 8.39. The molecule has 0 bridgehead atoms. The van der Waals surface area contributed by atoms with Gasteiger partial charge < -0.3 is 18.1 Å². The van der Waals surface area contributed by atoms with E-state index >= 15 is 0 Å². The molecule has 1 atom stereocenters. The Morgan fingerprint density at radius 2 is 1.42 bits per heavy atom. The Kier molecular flexibility index (Phi) is 7.46. The van der Waals surface area contributed by atoms with Gasteiger partial charge in [0.05, 0.1) is 7.11 Å². The molecule has 0 N–H and O–H groups in total. The molecule has 1 unspecified atom stereocenters. The van der Waals surface area contributed by atoms with Crippen molar-refractivity contribution >= 4 is 30.1 Å². The Morgan fingerprint density at radius 1 is 1.00 bits per heavy atom. The van der Waals surface area contributed by atoms with E-state index in [1.807, 2.05) is 39.3 Å². The SMILES string of the molecule is COc1ccc(C(N(C)C(C)=O)P(=O)(O[Si](C)(C)C)O[Si](C)(C)C)cc1. The van der Waals surface area contributed by atoms with Crippen molar-refractivity contribution in [3.63, 3.8) is 0 Å². The average Bonchev–Trinajstić information content (AvgIpc) is 2.43. The lowest BCUT2D eigenvalue weighted by Crippen LogP contribution is -2.37. The Morgan fingerprint density at radius 3 is 1.73 bits per heavy atom. The highest BCUT2D eigenvalue weighted by atomic mass is 31.2. The van der Waals surface area contributed by atoms with Gasteiger partial charge >= 0.3 is 7.60 Å². The summed E-state index contributed by atoms with van der Waals surface area (Å²) in [5, 5.41) is 0. The van der Waals surface area contributed by atoms with E-state index in [1.165, 1.54) is 11.8 Å². The summed E-state index contributed by atoms with van der Waals surface area (Å²) in [6, 6.07) is 7.17. The van der Waals surface area contributed by atoms with Gasteiger partial charge in [-0.2, -0.15) is 0 Å². The molecule has 26 heavy (non-hydrogen) atoms. The normalized spacial score (nSPS) is 14.0. The zero-order valence-electron chi connectivity index (χ0n) is 17.3. The van der Waals surface area contributed by atoms with E-state index < -0.39 is 30.0 Å². The van der Waals surface area contributed by atoms with Crippen molar-refractivity contribution < 1.29 is 22.5 Å². The molecule has 148 valence electrons. The van der Waals surface area contributed by atoms with E-state index in [9.17, 15) is 9.36 Å². The first-order valence-corrected chi connectivity index (χ1v) is 17.0. The van der Waals surface area contributed by atoms with Crippen LogP contribution in [0.15, 0.2) is 24.3 Å². The van der Waals surface area contributed by atoms with Crippen LogP contribution >= 0.6 is 7.60 Å². The first-order chi connectivity index (χ1) is 11.7. The van der Waals surface area contributed by atoms with Crippen LogP contribution in [0.3, 0.4) is 0 Å². The van der Waals surface area contributed by atoms with E-state index in [1.54, 1.807) is 38.4 Å². The molecule has 0 aliphatic rings. The van der Waals surface area contributed by atoms with Crippen molar-refractivity contribution in [2.24, 2.45) is 0 Å². The van der Waals surface area contributed by atoms with Gasteiger partial charge in [0.2, 0.25) is 5.91 Å². The molecule has 0 spiro atoms. The molecule has 1 rings (SSSR count). The molecule has 0 aliphatic carbocycles. The Labute approximate surface area is 159 Å². The number of rotatable bonds is 8. The standard InChI is InChI=1S/C17H32NO5PSi2/c1-14(19)18(2)17(15-10-12-16(21-3)13-11-15)24(20,22-25(4,5)6)23-26(7,8)9/h10-13,17H,1-9H3. The smallest absolute Gasteiger partial charge is 0.338 e. The topological polar surface area (TPSA) is 65.1 Å². The molecule has 0 heterocycles. The minimum absolute atomic E-state index is 0.204. The largest absolute Gasteiger partial charge is 0.497 e. The zero-order valence-corrected chi connectivity index (χ0v) is 20.2. The van der Waals surface area contributed by atoms with E-state index in [4.69, 9.17) is 13.2 Å². The summed E-state index contributed by atoms with van der Waals surface area (Å²) in [7, 11) is -4.86. The number of methoxy groups -OCH3 is 1. The van der Waals surface area contributed by atoms with Crippen LogP contribution in [-0.2, 0) is 17.8 Å². The van der Waals surface area contributed by atoms with Crippen molar-refractivity contribution in [2.75, 3.05) is 14.2 Å². The van der Waals surface area contributed by atoms with Crippen LogP contribution in [0.2, 0.25) is 39.3 Å². The molecule has 0 aromatic heterocycles. The Hall–Kier alpha value is -0.926. The fourth-order valence-corrected chi connectivity index (χ4v) is 11.0. The van der Waals surface area contributed by atoms with Gasteiger partial charge in [0, 0.05) is 14.0 Å². The van der Waals surface area contributed by atoms with Crippen LogP contribution in [0.4, 0.5) is 0 Å². The van der Waals surface area contributed by atoms with Gasteiger partial charge in [-0.3, -0.25) is 9.36 Å². The number of carbonyl (C=O) groups is 1. The number of hydrogen-bond acceptors (Lipinski definition) is 5. The van der Waals surface area contributed by atoms with Crippen molar-refractivity contribution in [1.29, 1.82) is 0 Å². The number of amides is 1.